The van der Waals surface area contributed by atoms with Crippen LogP contribution in [0.3, 0.4) is 0 Å². The van der Waals surface area contributed by atoms with Crippen LogP contribution in [-0.4, -0.2) is 0 Å². The molecule has 0 saturated heterocycles. The molecule has 0 N–H and O–H groups in total. The summed E-state index contributed by atoms with van der Waals surface area (Å²) in [7, 11) is 0. The highest BCUT2D eigenvalue weighted by molar-refractivity contribution is 5.57. The van der Waals surface area contributed by atoms with Crippen molar-refractivity contribution >= 4 is 0 Å². The maximum absolute atomic E-state index is 9.93. The largest absolute Gasteiger partial charge is 0.192 e. The van der Waals surface area contributed by atoms with Crippen LogP contribution in [-0.2, 0) is 11.8 Å². The lowest BCUT2D eigenvalue weighted by atomic mass is 9.50. The van der Waals surface area contributed by atoms with E-state index in [1.54, 1.807) is 0 Å². The van der Waals surface area contributed by atoms with E-state index in [2.05, 4.69) is 38.1 Å². The zero-order chi connectivity index (χ0) is 19.3. The molecular weight excluding hydrogens is 328 g/mol. The van der Waals surface area contributed by atoms with Gasteiger partial charge >= 0.3 is 0 Å². The molecule has 2 bridgehead atoms. The molecule has 3 aliphatic carbocycles. The summed E-state index contributed by atoms with van der Waals surface area (Å²) < 4.78 is 0. The summed E-state index contributed by atoms with van der Waals surface area (Å²) in [6.07, 6.45) is 16.0. The lowest BCUT2D eigenvalue weighted by Crippen LogP contribution is -2.44. The van der Waals surface area contributed by atoms with Gasteiger partial charge in [-0.05, 0) is 79.7 Å². The van der Waals surface area contributed by atoms with Crippen LogP contribution in [0.15, 0.2) is 12.1 Å². The van der Waals surface area contributed by atoms with Gasteiger partial charge in [0.1, 0.15) is 12.1 Å². The Morgan fingerprint density at radius 1 is 0.815 bits per heavy atom. The number of nitrogens with zero attached hydrogens (tertiary/aromatic N) is 2. The monoisotopic (exact) mass is 362 g/mol. The highest BCUT2D eigenvalue weighted by atomic mass is 14.5. The molecule has 1 aromatic carbocycles. The van der Waals surface area contributed by atoms with Crippen molar-refractivity contribution in [2.75, 3.05) is 0 Å². The quantitative estimate of drug-likeness (QED) is 0.470. The average molecular weight is 363 g/mol. The van der Waals surface area contributed by atoms with Crippen molar-refractivity contribution in [1.29, 1.82) is 10.5 Å². The molecule has 0 heterocycles. The maximum atomic E-state index is 9.93. The van der Waals surface area contributed by atoms with Gasteiger partial charge in [0.05, 0.1) is 11.1 Å². The number of unbranched alkanes of at least 4 members (excludes halogenated alkanes) is 3. The second-order valence-corrected chi connectivity index (χ2v) is 9.09. The molecule has 0 amide bonds. The van der Waals surface area contributed by atoms with Gasteiger partial charge < -0.3 is 0 Å². The first kappa shape index (κ1) is 19.9. The van der Waals surface area contributed by atoms with Gasteiger partial charge in [-0.2, -0.15) is 10.5 Å². The van der Waals surface area contributed by atoms with Crippen LogP contribution >= 0.6 is 0 Å². The van der Waals surface area contributed by atoms with E-state index in [1.165, 1.54) is 69.8 Å². The van der Waals surface area contributed by atoms with E-state index in [-0.39, 0.29) is 5.41 Å². The van der Waals surface area contributed by atoms with E-state index in [0.29, 0.717) is 16.5 Å². The van der Waals surface area contributed by atoms with E-state index >= 15 is 0 Å². The molecule has 27 heavy (non-hydrogen) atoms. The van der Waals surface area contributed by atoms with Gasteiger partial charge in [-0.25, -0.2) is 0 Å². The molecule has 0 aromatic heterocycles. The number of hydrogen-bond donors (Lipinski definition) is 0. The predicted octanol–water partition coefficient (Wildman–Crippen LogP) is 6.94. The number of hydrogen-bond acceptors (Lipinski definition) is 2. The van der Waals surface area contributed by atoms with Crippen LogP contribution in [0.25, 0.3) is 0 Å². The molecule has 144 valence electrons. The Morgan fingerprint density at radius 3 is 2.00 bits per heavy atom. The van der Waals surface area contributed by atoms with Gasteiger partial charge in [0, 0.05) is 0 Å². The normalized spacial score (nSPS) is 26.5. The molecular formula is C25H34N2. The van der Waals surface area contributed by atoms with E-state index in [4.69, 9.17) is 0 Å². The van der Waals surface area contributed by atoms with Gasteiger partial charge in [-0.15, -0.1) is 0 Å². The fourth-order valence-corrected chi connectivity index (χ4v) is 5.70. The van der Waals surface area contributed by atoms with Crippen molar-refractivity contribution in [3.63, 3.8) is 0 Å². The zero-order valence-corrected chi connectivity index (χ0v) is 17.2. The highest BCUT2D eigenvalue weighted by Crippen LogP contribution is 2.60. The van der Waals surface area contributed by atoms with Crippen molar-refractivity contribution < 1.29 is 0 Å². The summed E-state index contributed by atoms with van der Waals surface area (Å²) in [6, 6.07) is 9.17. The minimum atomic E-state index is 0.145. The SMILES string of the molecule is CCCCCC12CCC(c3ccc(CCCC)c(C#N)c3C#N)(CC1)CC2. The zero-order valence-electron chi connectivity index (χ0n) is 17.2. The molecule has 0 aliphatic heterocycles. The second-order valence-electron chi connectivity index (χ2n) is 9.09. The molecule has 0 unspecified atom stereocenters. The predicted molar refractivity (Wildman–Crippen MR) is 110 cm³/mol. The Labute approximate surface area is 165 Å². The van der Waals surface area contributed by atoms with Gasteiger partial charge in [0.2, 0.25) is 0 Å². The molecule has 3 saturated carbocycles. The molecule has 0 spiro atoms. The Balaban J connectivity index is 1.86. The third-order valence-corrected chi connectivity index (χ3v) is 7.60. The van der Waals surface area contributed by atoms with Crippen molar-refractivity contribution in [1.82, 2.24) is 0 Å². The van der Waals surface area contributed by atoms with Gasteiger partial charge in [-0.1, -0.05) is 51.7 Å². The summed E-state index contributed by atoms with van der Waals surface area (Å²) in [4.78, 5) is 0. The molecule has 3 fully saturated rings. The lowest BCUT2D eigenvalue weighted by molar-refractivity contribution is 0.0304. The standard InChI is InChI=1S/C25H34N2/c1-3-5-7-11-24-12-15-25(16-13-24,17-14-24)23-10-9-20(8-6-4-2)21(18-26)22(23)19-27/h9-10H,3-8,11-17H2,1-2H3. The molecule has 3 aliphatic rings. The molecule has 1 aromatic rings. The smallest absolute Gasteiger partial charge is 0.101 e. The third-order valence-electron chi connectivity index (χ3n) is 7.60. The van der Waals surface area contributed by atoms with Gasteiger partial charge in [-0.3, -0.25) is 0 Å². The van der Waals surface area contributed by atoms with Crippen LogP contribution in [0.4, 0.5) is 0 Å². The van der Waals surface area contributed by atoms with Crippen molar-refractivity contribution in [2.24, 2.45) is 5.41 Å². The van der Waals surface area contributed by atoms with Crippen molar-refractivity contribution in [2.45, 2.75) is 103 Å². The van der Waals surface area contributed by atoms with Crippen molar-refractivity contribution in [3.8, 4) is 12.1 Å². The Kier molecular flexibility index (Phi) is 6.26. The highest BCUT2D eigenvalue weighted by Gasteiger charge is 2.49. The molecule has 2 heteroatoms. The maximum Gasteiger partial charge on any atom is 0.101 e. The van der Waals surface area contributed by atoms with Crippen LogP contribution in [0, 0.1) is 28.1 Å². The number of fused-ring (bicyclic) bond motifs is 3. The topological polar surface area (TPSA) is 47.6 Å². The number of rotatable bonds is 8. The minimum Gasteiger partial charge on any atom is -0.192 e. The summed E-state index contributed by atoms with van der Waals surface area (Å²) in [5, 5.41) is 19.7. The van der Waals surface area contributed by atoms with Gasteiger partial charge in [0.15, 0.2) is 0 Å². The third kappa shape index (κ3) is 3.78. The average Bonchev–Trinajstić information content (AvgIpc) is 2.72. The Morgan fingerprint density at radius 2 is 1.44 bits per heavy atom. The lowest BCUT2D eigenvalue weighted by Gasteiger charge is -2.54. The van der Waals surface area contributed by atoms with Crippen LogP contribution in [0.5, 0.6) is 0 Å². The van der Waals surface area contributed by atoms with E-state index < -0.39 is 0 Å². The second kappa shape index (κ2) is 8.48. The summed E-state index contributed by atoms with van der Waals surface area (Å²) in [6.45, 7) is 4.45. The van der Waals surface area contributed by atoms with Crippen LogP contribution < -0.4 is 0 Å². The Bertz CT molecular complexity index is 722. The van der Waals surface area contributed by atoms with Crippen LogP contribution in [0.2, 0.25) is 0 Å². The first-order valence-electron chi connectivity index (χ1n) is 11.1. The molecule has 2 nitrogen and oxygen atoms in total. The molecule has 4 rings (SSSR count). The van der Waals surface area contributed by atoms with Crippen molar-refractivity contribution in [3.05, 3.63) is 34.4 Å². The first-order valence-corrected chi connectivity index (χ1v) is 11.1. The van der Waals surface area contributed by atoms with E-state index in [0.717, 1.165) is 24.8 Å². The van der Waals surface area contributed by atoms with Crippen LogP contribution in [0.1, 0.15) is 113 Å². The minimum absolute atomic E-state index is 0.145. The molecule has 0 radical (unpaired) electrons. The first-order chi connectivity index (χ1) is 13.1. The fraction of sp³-hybridized carbons (Fsp3) is 0.680. The van der Waals surface area contributed by atoms with E-state index in [9.17, 15) is 10.5 Å². The fourth-order valence-electron chi connectivity index (χ4n) is 5.70. The summed E-state index contributed by atoms with van der Waals surface area (Å²) in [5.41, 5.74) is 4.31. The molecule has 0 atom stereocenters. The summed E-state index contributed by atoms with van der Waals surface area (Å²) >= 11 is 0. The summed E-state index contributed by atoms with van der Waals surface area (Å²) in [5.74, 6) is 0. The van der Waals surface area contributed by atoms with Gasteiger partial charge in [0.25, 0.3) is 0 Å². The Hall–Kier alpha value is -1.80. The number of benzene rings is 1. The number of nitriles is 2. The number of aryl methyl sites for hydroxylation is 1. The van der Waals surface area contributed by atoms with E-state index in [1.807, 2.05) is 0 Å².